The first-order chi connectivity index (χ1) is 7.61. The summed E-state index contributed by atoms with van der Waals surface area (Å²) < 4.78 is 4.94. The second-order valence-electron chi connectivity index (χ2n) is 5.02. The van der Waals surface area contributed by atoms with Crippen molar-refractivity contribution in [1.29, 1.82) is 0 Å². The van der Waals surface area contributed by atoms with E-state index in [4.69, 9.17) is 4.74 Å². The Hall–Kier alpha value is -0.570. The zero-order valence-corrected chi connectivity index (χ0v) is 10.5. The molecule has 1 N–H and O–H groups in total. The fourth-order valence-corrected chi connectivity index (χ4v) is 2.19. The molecular formula is C13H24O3. The third-order valence-corrected chi connectivity index (χ3v) is 3.64. The van der Waals surface area contributed by atoms with E-state index < -0.39 is 11.5 Å². The van der Waals surface area contributed by atoms with E-state index in [1.165, 1.54) is 19.3 Å². The van der Waals surface area contributed by atoms with Gasteiger partial charge in [-0.3, -0.25) is 4.79 Å². The van der Waals surface area contributed by atoms with Crippen LogP contribution >= 0.6 is 0 Å². The van der Waals surface area contributed by atoms with E-state index in [1.54, 1.807) is 0 Å². The number of carbonyl (C=O) groups is 1. The maximum atomic E-state index is 11.5. The van der Waals surface area contributed by atoms with E-state index in [2.05, 4.69) is 6.92 Å². The van der Waals surface area contributed by atoms with Crippen LogP contribution in [0.15, 0.2) is 0 Å². The molecule has 0 radical (unpaired) electrons. The molecule has 94 valence electrons. The molecule has 0 aromatic heterocycles. The molecule has 0 saturated carbocycles. The van der Waals surface area contributed by atoms with E-state index in [1.807, 2.05) is 6.92 Å². The van der Waals surface area contributed by atoms with Crippen molar-refractivity contribution in [2.75, 3.05) is 6.61 Å². The zero-order chi connectivity index (χ0) is 12.0. The van der Waals surface area contributed by atoms with Gasteiger partial charge in [0.25, 0.3) is 0 Å². The molecule has 0 aromatic rings. The molecule has 1 saturated heterocycles. The predicted molar refractivity (Wildman–Crippen MR) is 63.1 cm³/mol. The van der Waals surface area contributed by atoms with Crippen molar-refractivity contribution in [1.82, 2.24) is 0 Å². The molecule has 3 nitrogen and oxygen atoms in total. The number of ether oxygens (including phenoxy) is 1. The quantitative estimate of drug-likeness (QED) is 0.538. The number of aliphatic hydroxyl groups excluding tert-OH is 1. The molecule has 0 unspecified atom stereocenters. The highest BCUT2D eigenvalue weighted by Gasteiger charge is 2.45. The molecule has 2 atom stereocenters. The van der Waals surface area contributed by atoms with E-state index in [0.717, 1.165) is 19.3 Å². The number of cyclic esters (lactones) is 1. The van der Waals surface area contributed by atoms with Crippen molar-refractivity contribution in [2.24, 2.45) is 5.41 Å². The SMILES string of the molecule is CCCCCCC[C@@H](O)[C@@]1(C)CCOC1=O. The van der Waals surface area contributed by atoms with Crippen molar-refractivity contribution >= 4 is 5.97 Å². The van der Waals surface area contributed by atoms with E-state index in [0.29, 0.717) is 13.0 Å². The van der Waals surface area contributed by atoms with Crippen molar-refractivity contribution in [2.45, 2.75) is 64.9 Å². The van der Waals surface area contributed by atoms with Crippen LogP contribution in [0.2, 0.25) is 0 Å². The summed E-state index contributed by atoms with van der Waals surface area (Å²) in [7, 11) is 0. The average Bonchev–Trinajstić information content (AvgIpc) is 2.60. The molecule has 1 rings (SSSR count). The van der Waals surface area contributed by atoms with Crippen molar-refractivity contribution < 1.29 is 14.6 Å². The summed E-state index contributed by atoms with van der Waals surface area (Å²) >= 11 is 0. The number of carbonyl (C=O) groups excluding carboxylic acids is 1. The smallest absolute Gasteiger partial charge is 0.314 e. The largest absolute Gasteiger partial charge is 0.465 e. The highest BCUT2D eigenvalue weighted by atomic mass is 16.5. The van der Waals surface area contributed by atoms with Crippen LogP contribution in [0.25, 0.3) is 0 Å². The van der Waals surface area contributed by atoms with Gasteiger partial charge in [-0.05, 0) is 19.8 Å². The number of esters is 1. The number of unbranched alkanes of at least 4 members (excludes halogenated alkanes) is 4. The average molecular weight is 228 g/mol. The van der Waals surface area contributed by atoms with Gasteiger partial charge in [-0.2, -0.15) is 0 Å². The fourth-order valence-electron chi connectivity index (χ4n) is 2.19. The van der Waals surface area contributed by atoms with Crippen LogP contribution in [0.4, 0.5) is 0 Å². The van der Waals surface area contributed by atoms with Crippen LogP contribution in [0.1, 0.15) is 58.8 Å². The molecule has 1 aliphatic rings. The Morgan fingerprint density at radius 1 is 1.38 bits per heavy atom. The van der Waals surface area contributed by atoms with Crippen molar-refractivity contribution in [3.05, 3.63) is 0 Å². The van der Waals surface area contributed by atoms with Crippen molar-refractivity contribution in [3.8, 4) is 0 Å². The van der Waals surface area contributed by atoms with Gasteiger partial charge in [0.2, 0.25) is 0 Å². The number of hydrogen-bond donors (Lipinski definition) is 1. The summed E-state index contributed by atoms with van der Waals surface area (Å²) in [5.74, 6) is -0.228. The highest BCUT2D eigenvalue weighted by molar-refractivity contribution is 5.78. The maximum Gasteiger partial charge on any atom is 0.314 e. The summed E-state index contributed by atoms with van der Waals surface area (Å²) in [6, 6.07) is 0. The molecule has 1 fully saturated rings. The Balaban J connectivity index is 2.24. The molecule has 0 bridgehead atoms. The van der Waals surface area contributed by atoms with Gasteiger partial charge in [-0.1, -0.05) is 39.0 Å². The monoisotopic (exact) mass is 228 g/mol. The van der Waals surface area contributed by atoms with Gasteiger partial charge in [0.15, 0.2) is 0 Å². The Kier molecular flexibility index (Phi) is 5.26. The molecular weight excluding hydrogens is 204 g/mol. The standard InChI is InChI=1S/C13H24O3/c1-3-4-5-6-7-8-11(14)13(2)9-10-16-12(13)15/h11,14H,3-10H2,1-2H3/t11-,13-/m1/s1. The van der Waals surface area contributed by atoms with E-state index in [9.17, 15) is 9.90 Å². The first-order valence-electron chi connectivity index (χ1n) is 6.46. The van der Waals surface area contributed by atoms with Gasteiger partial charge in [0, 0.05) is 0 Å². The van der Waals surface area contributed by atoms with Crippen LogP contribution < -0.4 is 0 Å². The van der Waals surface area contributed by atoms with Gasteiger partial charge >= 0.3 is 5.97 Å². The maximum absolute atomic E-state index is 11.5. The lowest BCUT2D eigenvalue weighted by molar-refractivity contribution is -0.150. The zero-order valence-electron chi connectivity index (χ0n) is 10.5. The first-order valence-corrected chi connectivity index (χ1v) is 6.46. The molecule has 0 aromatic carbocycles. The van der Waals surface area contributed by atoms with Crippen LogP contribution in [0.5, 0.6) is 0 Å². The summed E-state index contributed by atoms with van der Waals surface area (Å²) in [6.45, 7) is 4.46. The lowest BCUT2D eigenvalue weighted by Crippen LogP contribution is -2.36. The molecule has 16 heavy (non-hydrogen) atoms. The molecule has 3 heteroatoms. The molecule has 0 aliphatic carbocycles. The molecule has 0 amide bonds. The Morgan fingerprint density at radius 3 is 2.62 bits per heavy atom. The Morgan fingerprint density at radius 2 is 2.06 bits per heavy atom. The minimum absolute atomic E-state index is 0.228. The second-order valence-corrected chi connectivity index (χ2v) is 5.02. The van der Waals surface area contributed by atoms with Crippen LogP contribution in [-0.4, -0.2) is 23.8 Å². The normalized spacial score (nSPS) is 26.8. The van der Waals surface area contributed by atoms with E-state index >= 15 is 0 Å². The lowest BCUT2D eigenvalue weighted by Gasteiger charge is -2.25. The minimum Gasteiger partial charge on any atom is -0.465 e. The summed E-state index contributed by atoms with van der Waals surface area (Å²) in [4.78, 5) is 11.5. The van der Waals surface area contributed by atoms with Gasteiger partial charge in [-0.25, -0.2) is 0 Å². The third-order valence-electron chi connectivity index (χ3n) is 3.64. The Labute approximate surface area is 98.2 Å². The predicted octanol–water partition coefficient (Wildman–Crippen LogP) is 2.66. The fraction of sp³-hybridized carbons (Fsp3) is 0.923. The number of aliphatic hydroxyl groups is 1. The van der Waals surface area contributed by atoms with Gasteiger partial charge in [0.1, 0.15) is 0 Å². The second kappa shape index (κ2) is 6.24. The minimum atomic E-state index is -0.648. The van der Waals surface area contributed by atoms with Crippen molar-refractivity contribution in [3.63, 3.8) is 0 Å². The van der Waals surface area contributed by atoms with Crippen LogP contribution in [0.3, 0.4) is 0 Å². The summed E-state index contributed by atoms with van der Waals surface area (Å²) in [6.07, 6.45) is 6.70. The molecule has 1 heterocycles. The topological polar surface area (TPSA) is 46.5 Å². The molecule has 0 spiro atoms. The third kappa shape index (κ3) is 3.21. The molecule has 1 aliphatic heterocycles. The van der Waals surface area contributed by atoms with Crippen LogP contribution in [-0.2, 0) is 9.53 Å². The van der Waals surface area contributed by atoms with Crippen LogP contribution in [0, 0.1) is 5.41 Å². The number of rotatable bonds is 7. The summed E-state index contributed by atoms with van der Waals surface area (Å²) in [5, 5.41) is 10.0. The summed E-state index contributed by atoms with van der Waals surface area (Å²) in [5.41, 5.74) is -0.648. The Bertz CT molecular complexity index is 227. The highest BCUT2D eigenvalue weighted by Crippen LogP contribution is 2.35. The first kappa shape index (κ1) is 13.5. The van der Waals surface area contributed by atoms with E-state index in [-0.39, 0.29) is 5.97 Å². The lowest BCUT2D eigenvalue weighted by atomic mass is 9.80. The van der Waals surface area contributed by atoms with Gasteiger partial charge in [0.05, 0.1) is 18.1 Å². The van der Waals surface area contributed by atoms with Gasteiger partial charge < -0.3 is 9.84 Å². The number of hydrogen-bond acceptors (Lipinski definition) is 3. The van der Waals surface area contributed by atoms with Gasteiger partial charge in [-0.15, -0.1) is 0 Å².